The summed E-state index contributed by atoms with van der Waals surface area (Å²) in [5.74, 6) is -1.31. The molecule has 3 rings (SSSR count). The van der Waals surface area contributed by atoms with Gasteiger partial charge in [-0.1, -0.05) is 0 Å². The molecule has 0 radical (unpaired) electrons. The highest BCUT2D eigenvalue weighted by molar-refractivity contribution is 7.58. The maximum Gasteiger partial charge on any atom is 0.306 e. The van der Waals surface area contributed by atoms with Crippen LogP contribution in [0.1, 0.15) is 29.6 Å². The molecule has 1 fully saturated rings. The van der Waals surface area contributed by atoms with Crippen molar-refractivity contribution in [2.75, 3.05) is 0 Å². The Kier molecular flexibility index (Phi) is 3.35. The number of rotatable bonds is 3. The van der Waals surface area contributed by atoms with Crippen LogP contribution >= 0.6 is 0 Å². The van der Waals surface area contributed by atoms with Crippen LogP contribution in [-0.4, -0.2) is 23.0 Å². The van der Waals surface area contributed by atoms with Gasteiger partial charge in [0, 0.05) is 11.6 Å². The summed E-state index contributed by atoms with van der Waals surface area (Å²) in [6, 6.07) is 5.12. The number of benzene rings is 1. The standard InChI is InChI=1S/C13H13N3O3S/c17-12(14-9-3-1-8(5-9)13(18)19)7-2-4-10-11(6-7)16-20-15-10/h2,4,6,8-9H,1,3,5H2,(H,14,17)(H,18,19)/t8-,9+/m0/s1. The molecule has 1 saturated carbocycles. The highest BCUT2D eigenvalue weighted by Gasteiger charge is 2.30. The van der Waals surface area contributed by atoms with Gasteiger partial charge < -0.3 is 10.4 Å². The minimum absolute atomic E-state index is 0.0622. The number of aliphatic carboxylic acids is 1. The van der Waals surface area contributed by atoms with Crippen molar-refractivity contribution in [1.82, 2.24) is 5.32 Å². The SMILES string of the molecule is O=C(N[C@@H]1CC[C@H](C(=O)O)C1)c1ccc2c(c1)N=S=N2. The Morgan fingerprint density at radius 1 is 1.25 bits per heavy atom. The van der Waals surface area contributed by atoms with Crippen molar-refractivity contribution in [3.8, 4) is 0 Å². The van der Waals surface area contributed by atoms with Crippen LogP contribution in [0.2, 0.25) is 0 Å². The lowest BCUT2D eigenvalue weighted by Gasteiger charge is -2.12. The van der Waals surface area contributed by atoms with Crippen LogP contribution < -0.4 is 5.32 Å². The molecule has 1 amide bonds. The van der Waals surface area contributed by atoms with Gasteiger partial charge >= 0.3 is 5.97 Å². The Bertz CT molecular complexity index is 652. The summed E-state index contributed by atoms with van der Waals surface area (Å²) >= 11 is 1.11. The van der Waals surface area contributed by atoms with Crippen LogP contribution in [0.4, 0.5) is 11.4 Å². The molecule has 0 bridgehead atoms. The fourth-order valence-electron chi connectivity index (χ4n) is 2.53. The van der Waals surface area contributed by atoms with Crippen LogP contribution in [0.3, 0.4) is 0 Å². The summed E-state index contributed by atoms with van der Waals surface area (Å²) in [5, 5.41) is 11.8. The third-order valence-corrected chi connectivity index (χ3v) is 4.19. The Morgan fingerprint density at radius 2 is 2.05 bits per heavy atom. The normalized spacial score (nSPS) is 23.2. The van der Waals surface area contributed by atoms with Crippen LogP contribution in [-0.2, 0) is 16.1 Å². The van der Waals surface area contributed by atoms with Crippen molar-refractivity contribution in [2.45, 2.75) is 25.3 Å². The number of amides is 1. The van der Waals surface area contributed by atoms with E-state index in [1.165, 1.54) is 0 Å². The third-order valence-electron chi connectivity index (χ3n) is 3.63. The molecule has 20 heavy (non-hydrogen) atoms. The topological polar surface area (TPSA) is 91.1 Å². The summed E-state index contributed by atoms with van der Waals surface area (Å²) in [7, 11) is 0. The van der Waals surface area contributed by atoms with Crippen molar-refractivity contribution >= 4 is 34.6 Å². The number of hydrogen-bond acceptors (Lipinski definition) is 4. The molecule has 0 spiro atoms. The van der Waals surface area contributed by atoms with Gasteiger partial charge in [-0.15, -0.1) is 0 Å². The van der Waals surface area contributed by atoms with Crippen LogP contribution in [0.5, 0.6) is 0 Å². The van der Waals surface area contributed by atoms with Gasteiger partial charge in [0.25, 0.3) is 5.91 Å². The minimum Gasteiger partial charge on any atom is -0.481 e. The van der Waals surface area contributed by atoms with E-state index in [1.54, 1.807) is 18.2 Å². The minimum atomic E-state index is -0.781. The van der Waals surface area contributed by atoms with Gasteiger partial charge in [-0.3, -0.25) is 9.59 Å². The Labute approximate surface area is 119 Å². The predicted octanol–water partition coefficient (Wildman–Crippen LogP) is 2.40. The Balaban J connectivity index is 1.66. The Hall–Kier alpha value is -2.02. The summed E-state index contributed by atoms with van der Waals surface area (Å²) in [6.45, 7) is 0. The van der Waals surface area contributed by atoms with Crippen LogP contribution in [0.15, 0.2) is 26.9 Å². The fourth-order valence-corrected chi connectivity index (χ4v) is 3.05. The van der Waals surface area contributed by atoms with Crippen LogP contribution in [0, 0.1) is 5.92 Å². The zero-order valence-corrected chi connectivity index (χ0v) is 11.4. The molecular weight excluding hydrogens is 278 g/mol. The molecule has 2 aliphatic rings. The largest absolute Gasteiger partial charge is 0.481 e. The first kappa shape index (κ1) is 13.0. The van der Waals surface area contributed by atoms with Crippen molar-refractivity contribution in [1.29, 1.82) is 0 Å². The van der Waals surface area contributed by atoms with E-state index in [4.69, 9.17) is 5.11 Å². The number of fused-ring (bicyclic) bond motifs is 1. The number of carboxylic acid groups (broad SMARTS) is 1. The number of nitrogens with one attached hydrogen (secondary N) is 1. The average Bonchev–Trinajstić information content (AvgIpc) is 3.05. The lowest BCUT2D eigenvalue weighted by molar-refractivity contribution is -0.141. The molecule has 7 heteroatoms. The van der Waals surface area contributed by atoms with E-state index in [2.05, 4.69) is 14.0 Å². The lowest BCUT2D eigenvalue weighted by atomic mass is 10.1. The third kappa shape index (κ3) is 2.49. The van der Waals surface area contributed by atoms with E-state index in [-0.39, 0.29) is 17.9 Å². The number of hydrogen-bond donors (Lipinski definition) is 2. The van der Waals surface area contributed by atoms with Gasteiger partial charge in [0.1, 0.15) is 11.4 Å². The summed E-state index contributed by atoms with van der Waals surface area (Å²) in [4.78, 5) is 23.0. The van der Waals surface area contributed by atoms with E-state index in [0.29, 0.717) is 30.5 Å². The average molecular weight is 291 g/mol. The molecular formula is C13H13N3O3S. The molecule has 1 aromatic rings. The highest BCUT2D eigenvalue weighted by atomic mass is 32.1. The van der Waals surface area contributed by atoms with E-state index in [0.717, 1.165) is 17.0 Å². The lowest BCUT2D eigenvalue weighted by Crippen LogP contribution is -2.33. The van der Waals surface area contributed by atoms with Crippen molar-refractivity contribution in [3.63, 3.8) is 0 Å². The molecule has 0 aromatic heterocycles. The summed E-state index contributed by atoms with van der Waals surface area (Å²) < 4.78 is 8.19. The predicted molar refractivity (Wildman–Crippen MR) is 74.2 cm³/mol. The van der Waals surface area contributed by atoms with Gasteiger partial charge in [0.05, 0.1) is 17.3 Å². The maximum absolute atomic E-state index is 12.1. The van der Waals surface area contributed by atoms with E-state index in [9.17, 15) is 9.59 Å². The number of nitrogens with zero attached hydrogens (tertiary/aromatic N) is 2. The van der Waals surface area contributed by atoms with E-state index in [1.807, 2.05) is 0 Å². The monoisotopic (exact) mass is 291 g/mol. The van der Waals surface area contributed by atoms with Gasteiger partial charge in [0.2, 0.25) is 0 Å². The van der Waals surface area contributed by atoms with Gasteiger partial charge in [0.15, 0.2) is 0 Å². The smallest absolute Gasteiger partial charge is 0.306 e. The molecule has 1 aromatic carbocycles. The zero-order chi connectivity index (χ0) is 14.1. The second kappa shape index (κ2) is 5.16. The molecule has 1 heterocycles. The summed E-state index contributed by atoms with van der Waals surface area (Å²) in [6.07, 6.45) is 1.83. The Morgan fingerprint density at radius 3 is 2.80 bits per heavy atom. The molecule has 0 unspecified atom stereocenters. The molecule has 6 nitrogen and oxygen atoms in total. The first-order valence-electron chi connectivity index (χ1n) is 6.39. The van der Waals surface area contributed by atoms with E-state index >= 15 is 0 Å². The zero-order valence-electron chi connectivity index (χ0n) is 10.6. The second-order valence-corrected chi connectivity index (χ2v) is 5.51. The number of carboxylic acids is 1. The molecule has 2 N–H and O–H groups in total. The molecule has 104 valence electrons. The van der Waals surface area contributed by atoms with E-state index < -0.39 is 5.97 Å². The van der Waals surface area contributed by atoms with Gasteiger partial charge in [-0.2, -0.15) is 8.73 Å². The van der Waals surface area contributed by atoms with Crippen molar-refractivity contribution in [3.05, 3.63) is 23.8 Å². The van der Waals surface area contributed by atoms with Gasteiger partial charge in [-0.05, 0) is 37.5 Å². The first-order valence-corrected chi connectivity index (χ1v) is 7.12. The molecule has 1 aliphatic carbocycles. The number of carbonyl (C=O) groups excluding carboxylic acids is 1. The molecule has 2 atom stereocenters. The van der Waals surface area contributed by atoms with Crippen molar-refractivity contribution < 1.29 is 14.7 Å². The molecule has 0 saturated heterocycles. The van der Waals surface area contributed by atoms with Gasteiger partial charge in [-0.25, -0.2) is 0 Å². The number of carbonyl (C=O) groups is 2. The summed E-state index contributed by atoms with van der Waals surface area (Å²) in [5.41, 5.74) is 2.01. The van der Waals surface area contributed by atoms with Crippen LogP contribution in [0.25, 0.3) is 0 Å². The second-order valence-electron chi connectivity index (χ2n) is 4.99. The maximum atomic E-state index is 12.1. The fraction of sp³-hybridized carbons (Fsp3) is 0.385. The quantitative estimate of drug-likeness (QED) is 0.909. The van der Waals surface area contributed by atoms with Crippen molar-refractivity contribution in [2.24, 2.45) is 14.6 Å². The molecule has 1 aliphatic heterocycles. The highest BCUT2D eigenvalue weighted by Crippen LogP contribution is 2.32. The first-order chi connectivity index (χ1) is 9.63.